The predicted molar refractivity (Wildman–Crippen MR) is 73.8 cm³/mol. The molecule has 0 aliphatic carbocycles. The Kier molecular flexibility index (Phi) is 4.34. The molecule has 108 valence electrons. The second-order valence-electron chi connectivity index (χ2n) is 4.94. The summed E-state index contributed by atoms with van der Waals surface area (Å²) in [6.07, 6.45) is 0.560. The number of aromatic nitrogens is 3. The van der Waals surface area contributed by atoms with Crippen molar-refractivity contribution in [1.82, 2.24) is 14.8 Å². The standard InChI is InChI=1S/C14H19FN4O/c1-9(16)6-11-7-12(15)4-5-13(11)20-8-14-18-17-10(2)19(14)3/h4-5,7,9H,6,8,16H2,1-3H3. The van der Waals surface area contributed by atoms with Crippen LogP contribution in [0.3, 0.4) is 0 Å². The summed E-state index contributed by atoms with van der Waals surface area (Å²) in [6.45, 7) is 4.03. The molecule has 0 radical (unpaired) electrons. The normalized spacial score (nSPS) is 12.4. The quantitative estimate of drug-likeness (QED) is 0.904. The first-order chi connectivity index (χ1) is 9.47. The van der Waals surface area contributed by atoms with E-state index in [1.165, 1.54) is 12.1 Å². The third-order valence-electron chi connectivity index (χ3n) is 3.10. The van der Waals surface area contributed by atoms with Gasteiger partial charge >= 0.3 is 0 Å². The molecule has 0 aliphatic heterocycles. The van der Waals surface area contributed by atoms with Crippen LogP contribution in [-0.2, 0) is 20.1 Å². The first-order valence-corrected chi connectivity index (χ1v) is 6.49. The Labute approximate surface area is 117 Å². The number of aryl methyl sites for hydroxylation is 1. The van der Waals surface area contributed by atoms with Crippen LogP contribution in [0.25, 0.3) is 0 Å². The highest BCUT2D eigenvalue weighted by Gasteiger charge is 2.10. The van der Waals surface area contributed by atoms with Crippen molar-refractivity contribution in [2.24, 2.45) is 12.8 Å². The van der Waals surface area contributed by atoms with Crippen molar-refractivity contribution in [3.8, 4) is 5.75 Å². The fourth-order valence-electron chi connectivity index (χ4n) is 1.91. The molecule has 1 heterocycles. The molecule has 0 bridgehead atoms. The van der Waals surface area contributed by atoms with Crippen LogP contribution >= 0.6 is 0 Å². The van der Waals surface area contributed by atoms with E-state index in [9.17, 15) is 4.39 Å². The van der Waals surface area contributed by atoms with Gasteiger partial charge in [0, 0.05) is 13.1 Å². The molecule has 0 fully saturated rings. The molecule has 0 spiro atoms. The Balaban J connectivity index is 2.14. The molecule has 2 aromatic rings. The highest BCUT2D eigenvalue weighted by molar-refractivity contribution is 5.34. The summed E-state index contributed by atoms with van der Waals surface area (Å²) >= 11 is 0. The van der Waals surface area contributed by atoms with Crippen molar-refractivity contribution < 1.29 is 9.13 Å². The van der Waals surface area contributed by atoms with Gasteiger partial charge < -0.3 is 15.0 Å². The van der Waals surface area contributed by atoms with Crippen molar-refractivity contribution in [1.29, 1.82) is 0 Å². The minimum absolute atomic E-state index is 0.0591. The number of nitrogens with zero attached hydrogens (tertiary/aromatic N) is 3. The van der Waals surface area contributed by atoms with Crippen LogP contribution in [0.2, 0.25) is 0 Å². The molecule has 20 heavy (non-hydrogen) atoms. The van der Waals surface area contributed by atoms with Crippen molar-refractivity contribution in [2.45, 2.75) is 32.9 Å². The number of benzene rings is 1. The molecular weight excluding hydrogens is 259 g/mol. The van der Waals surface area contributed by atoms with Crippen LogP contribution in [0.15, 0.2) is 18.2 Å². The van der Waals surface area contributed by atoms with E-state index in [1.54, 1.807) is 6.07 Å². The van der Waals surface area contributed by atoms with Gasteiger partial charge in [-0.3, -0.25) is 0 Å². The topological polar surface area (TPSA) is 66.0 Å². The number of ether oxygens (including phenoxy) is 1. The summed E-state index contributed by atoms with van der Waals surface area (Å²) in [5, 5.41) is 7.99. The number of hydrogen-bond acceptors (Lipinski definition) is 4. The third-order valence-corrected chi connectivity index (χ3v) is 3.10. The van der Waals surface area contributed by atoms with E-state index in [0.717, 1.165) is 17.2 Å². The van der Waals surface area contributed by atoms with Crippen LogP contribution in [0.4, 0.5) is 4.39 Å². The molecule has 0 amide bonds. The molecule has 1 atom stereocenters. The smallest absolute Gasteiger partial charge is 0.170 e. The third kappa shape index (κ3) is 3.33. The summed E-state index contributed by atoms with van der Waals surface area (Å²) in [4.78, 5) is 0. The fraction of sp³-hybridized carbons (Fsp3) is 0.429. The lowest BCUT2D eigenvalue weighted by Gasteiger charge is -2.13. The molecule has 1 aromatic carbocycles. The monoisotopic (exact) mass is 278 g/mol. The van der Waals surface area contributed by atoms with Crippen molar-refractivity contribution >= 4 is 0 Å². The first-order valence-electron chi connectivity index (χ1n) is 6.49. The van der Waals surface area contributed by atoms with Crippen LogP contribution in [0.1, 0.15) is 24.1 Å². The Morgan fingerprint density at radius 2 is 2.15 bits per heavy atom. The molecule has 6 heteroatoms. The summed E-state index contributed by atoms with van der Waals surface area (Å²) in [6, 6.07) is 4.40. The molecule has 0 aliphatic rings. The second kappa shape index (κ2) is 6.00. The fourth-order valence-corrected chi connectivity index (χ4v) is 1.91. The maximum atomic E-state index is 13.3. The van der Waals surface area contributed by atoms with E-state index >= 15 is 0 Å². The zero-order chi connectivity index (χ0) is 14.7. The van der Waals surface area contributed by atoms with Gasteiger partial charge in [0.2, 0.25) is 0 Å². The van der Waals surface area contributed by atoms with Crippen molar-refractivity contribution in [2.75, 3.05) is 0 Å². The molecule has 2 N–H and O–H groups in total. The van der Waals surface area contributed by atoms with E-state index in [-0.39, 0.29) is 18.5 Å². The average molecular weight is 278 g/mol. The van der Waals surface area contributed by atoms with Crippen LogP contribution < -0.4 is 10.5 Å². The maximum absolute atomic E-state index is 13.3. The molecule has 5 nitrogen and oxygen atoms in total. The van der Waals surface area contributed by atoms with E-state index in [0.29, 0.717) is 12.2 Å². The summed E-state index contributed by atoms with van der Waals surface area (Å²) < 4.78 is 20.9. The van der Waals surface area contributed by atoms with Crippen molar-refractivity contribution in [3.63, 3.8) is 0 Å². The number of halogens is 1. The first kappa shape index (κ1) is 14.5. The minimum atomic E-state index is -0.289. The van der Waals surface area contributed by atoms with Gasteiger partial charge in [-0.05, 0) is 44.0 Å². The molecule has 1 unspecified atom stereocenters. The number of nitrogens with two attached hydrogens (primary N) is 1. The van der Waals surface area contributed by atoms with Crippen LogP contribution in [0, 0.1) is 12.7 Å². The Bertz CT molecular complexity index is 595. The van der Waals surface area contributed by atoms with Gasteiger partial charge in [0.25, 0.3) is 0 Å². The largest absolute Gasteiger partial charge is 0.485 e. The van der Waals surface area contributed by atoms with Gasteiger partial charge in [-0.2, -0.15) is 0 Å². The summed E-state index contributed by atoms with van der Waals surface area (Å²) in [7, 11) is 1.88. The van der Waals surface area contributed by atoms with E-state index in [1.807, 2.05) is 25.5 Å². The van der Waals surface area contributed by atoms with Gasteiger partial charge in [-0.15, -0.1) is 10.2 Å². The minimum Gasteiger partial charge on any atom is -0.485 e. The molecule has 0 saturated heterocycles. The SMILES string of the molecule is Cc1nnc(COc2ccc(F)cc2CC(C)N)n1C. The average Bonchev–Trinajstić information content (AvgIpc) is 2.69. The number of rotatable bonds is 5. The van der Waals surface area contributed by atoms with Gasteiger partial charge in [-0.25, -0.2) is 4.39 Å². The number of hydrogen-bond donors (Lipinski definition) is 1. The maximum Gasteiger partial charge on any atom is 0.170 e. The summed E-state index contributed by atoms with van der Waals surface area (Å²) in [5.74, 6) is 1.88. The van der Waals surface area contributed by atoms with E-state index in [2.05, 4.69) is 10.2 Å². The lowest BCUT2D eigenvalue weighted by Crippen LogP contribution is -2.18. The summed E-state index contributed by atoms with van der Waals surface area (Å²) in [5.41, 5.74) is 6.54. The van der Waals surface area contributed by atoms with Gasteiger partial charge in [0.15, 0.2) is 5.82 Å². The molecule has 1 aromatic heterocycles. The van der Waals surface area contributed by atoms with Gasteiger partial charge in [0.05, 0.1) is 0 Å². The van der Waals surface area contributed by atoms with E-state index < -0.39 is 0 Å². The lowest BCUT2D eigenvalue weighted by atomic mass is 10.1. The zero-order valence-electron chi connectivity index (χ0n) is 11.9. The molecule has 0 saturated carbocycles. The Morgan fingerprint density at radius 1 is 1.40 bits per heavy atom. The zero-order valence-corrected chi connectivity index (χ0v) is 11.9. The second-order valence-corrected chi connectivity index (χ2v) is 4.94. The molecular formula is C14H19FN4O. The highest BCUT2D eigenvalue weighted by Crippen LogP contribution is 2.22. The van der Waals surface area contributed by atoms with Gasteiger partial charge in [0.1, 0.15) is 24.0 Å². The Hall–Kier alpha value is -1.95. The van der Waals surface area contributed by atoms with Gasteiger partial charge in [-0.1, -0.05) is 0 Å². The van der Waals surface area contributed by atoms with Crippen LogP contribution in [0.5, 0.6) is 5.75 Å². The lowest BCUT2D eigenvalue weighted by molar-refractivity contribution is 0.287. The Morgan fingerprint density at radius 3 is 2.75 bits per heavy atom. The predicted octanol–water partition coefficient (Wildman–Crippen LogP) is 1.73. The molecule has 2 rings (SSSR count). The van der Waals surface area contributed by atoms with E-state index in [4.69, 9.17) is 10.5 Å². The van der Waals surface area contributed by atoms with Crippen molar-refractivity contribution in [3.05, 3.63) is 41.2 Å². The van der Waals surface area contributed by atoms with Crippen LogP contribution in [-0.4, -0.2) is 20.8 Å². The highest BCUT2D eigenvalue weighted by atomic mass is 19.1.